The number of hydrogen-bond acceptors (Lipinski definition) is 6. The fourth-order valence-electron chi connectivity index (χ4n) is 4.98. The van der Waals surface area contributed by atoms with Crippen LogP contribution in [0.25, 0.3) is 0 Å². The summed E-state index contributed by atoms with van der Waals surface area (Å²) in [6, 6.07) is 0.182. The first-order valence-corrected chi connectivity index (χ1v) is 11.3. The smallest absolute Gasteiger partial charge is 0.321 e. The quantitative estimate of drug-likeness (QED) is 0.553. The van der Waals surface area contributed by atoms with E-state index in [-0.39, 0.29) is 23.3 Å². The van der Waals surface area contributed by atoms with Crippen LogP contribution in [-0.4, -0.2) is 65.4 Å². The van der Waals surface area contributed by atoms with Gasteiger partial charge in [0, 0.05) is 25.7 Å². The van der Waals surface area contributed by atoms with Crippen molar-refractivity contribution in [2.75, 3.05) is 26.7 Å². The molecular formula is C21H29N3O4S. The number of aromatic nitrogens is 1. The molecule has 3 heterocycles. The fourth-order valence-corrected chi connectivity index (χ4v) is 5.79. The van der Waals surface area contributed by atoms with Gasteiger partial charge in [0.05, 0.1) is 18.3 Å². The molecule has 1 aromatic heterocycles. The van der Waals surface area contributed by atoms with Gasteiger partial charge in [-0.25, -0.2) is 4.98 Å². The van der Waals surface area contributed by atoms with Crippen LogP contribution in [-0.2, 0) is 20.7 Å². The number of carbonyl (C=O) groups is 3. The van der Waals surface area contributed by atoms with Crippen LogP contribution >= 0.6 is 11.3 Å². The maximum atomic E-state index is 13.0. The highest BCUT2D eigenvalue weighted by Gasteiger charge is 2.60. The molecule has 0 N–H and O–H groups in total. The van der Waals surface area contributed by atoms with Crippen LogP contribution in [0.3, 0.4) is 0 Å². The fraction of sp³-hybridized carbons (Fsp3) is 0.714. The normalized spacial score (nSPS) is 24.6. The molecule has 2 saturated heterocycles. The van der Waals surface area contributed by atoms with Gasteiger partial charge in [-0.1, -0.05) is 6.92 Å². The van der Waals surface area contributed by atoms with Crippen LogP contribution in [0.2, 0.25) is 0 Å². The van der Waals surface area contributed by atoms with E-state index in [0.29, 0.717) is 30.8 Å². The molecule has 1 aliphatic carbocycles. The Bertz CT molecular complexity index is 824. The molecule has 0 radical (unpaired) electrons. The average molecular weight is 420 g/mol. The Balaban J connectivity index is 1.39. The molecule has 1 spiro atoms. The molecule has 1 unspecified atom stereocenters. The third-order valence-corrected chi connectivity index (χ3v) is 8.07. The molecule has 2 aliphatic heterocycles. The van der Waals surface area contributed by atoms with Gasteiger partial charge in [0.25, 0.3) is 5.91 Å². The number of piperidine rings is 1. The summed E-state index contributed by atoms with van der Waals surface area (Å²) in [5, 5.41) is 0.987. The lowest BCUT2D eigenvalue weighted by Crippen LogP contribution is -2.48. The lowest BCUT2D eigenvalue weighted by Gasteiger charge is -2.40. The standard InChI is InChI=1S/C21H29N3O4S/c1-4-16-22-12-15(29-16)17(25)24-13-20(11-14(24)2)7-9-23(10-8-20)18(26)21(5-6-21)19(27)28-3/h12,14H,4-11,13H2,1-3H3. The first-order chi connectivity index (χ1) is 13.8. The highest BCUT2D eigenvalue weighted by atomic mass is 32.1. The molecule has 3 aliphatic rings. The summed E-state index contributed by atoms with van der Waals surface area (Å²) in [6.07, 6.45) is 6.42. The average Bonchev–Trinajstić information content (AvgIpc) is 3.29. The van der Waals surface area contributed by atoms with Gasteiger partial charge in [0.15, 0.2) is 0 Å². The van der Waals surface area contributed by atoms with Gasteiger partial charge in [-0.15, -0.1) is 11.3 Å². The summed E-state index contributed by atoms with van der Waals surface area (Å²) in [6.45, 7) is 6.18. The number of thiazole rings is 1. The van der Waals surface area contributed by atoms with Gasteiger partial charge < -0.3 is 14.5 Å². The van der Waals surface area contributed by atoms with Gasteiger partial charge >= 0.3 is 5.97 Å². The number of esters is 1. The van der Waals surface area contributed by atoms with Crippen molar-refractivity contribution in [3.05, 3.63) is 16.1 Å². The number of likely N-dealkylation sites (tertiary alicyclic amines) is 2. The minimum atomic E-state index is -0.923. The zero-order valence-corrected chi connectivity index (χ0v) is 18.2. The Morgan fingerprint density at radius 3 is 2.48 bits per heavy atom. The molecule has 0 aromatic carbocycles. The van der Waals surface area contributed by atoms with E-state index in [4.69, 9.17) is 4.74 Å². The predicted octanol–water partition coefficient (Wildman–Crippen LogP) is 2.50. The largest absolute Gasteiger partial charge is 0.468 e. The van der Waals surface area contributed by atoms with Crippen molar-refractivity contribution in [2.24, 2.45) is 10.8 Å². The van der Waals surface area contributed by atoms with Crippen LogP contribution in [0.15, 0.2) is 6.20 Å². The summed E-state index contributed by atoms with van der Waals surface area (Å²) in [7, 11) is 1.35. The monoisotopic (exact) mass is 419 g/mol. The Hall–Kier alpha value is -1.96. The Morgan fingerprint density at radius 2 is 1.93 bits per heavy atom. The molecular weight excluding hydrogens is 390 g/mol. The van der Waals surface area contributed by atoms with E-state index < -0.39 is 11.4 Å². The van der Waals surface area contributed by atoms with Crippen LogP contribution in [0.4, 0.5) is 0 Å². The minimum Gasteiger partial charge on any atom is -0.468 e. The van der Waals surface area contributed by atoms with E-state index in [9.17, 15) is 14.4 Å². The maximum absolute atomic E-state index is 13.0. The third-order valence-electron chi connectivity index (χ3n) is 6.94. The zero-order chi connectivity index (χ0) is 20.8. The van der Waals surface area contributed by atoms with Crippen LogP contribution < -0.4 is 0 Å². The second-order valence-electron chi connectivity index (χ2n) is 8.82. The predicted molar refractivity (Wildman–Crippen MR) is 109 cm³/mol. The van der Waals surface area contributed by atoms with E-state index in [2.05, 4.69) is 11.9 Å². The SMILES string of the molecule is CCc1ncc(C(=O)N2CC3(CCN(C(=O)C4(C(=O)OC)CC4)CC3)CC2C)s1. The molecule has 2 amide bonds. The Labute approximate surface area is 175 Å². The summed E-state index contributed by atoms with van der Waals surface area (Å²) >= 11 is 1.48. The first kappa shape index (κ1) is 20.3. The Kier molecular flexibility index (Phi) is 5.17. The first-order valence-electron chi connectivity index (χ1n) is 10.5. The summed E-state index contributed by atoms with van der Waals surface area (Å²) in [5.74, 6) is -0.396. The molecule has 3 fully saturated rings. The molecule has 4 rings (SSSR count). The molecule has 158 valence electrons. The lowest BCUT2D eigenvalue weighted by molar-refractivity contribution is -0.157. The van der Waals surface area contributed by atoms with Gasteiger partial charge in [-0.3, -0.25) is 14.4 Å². The van der Waals surface area contributed by atoms with Gasteiger partial charge in [0.1, 0.15) is 10.3 Å². The highest BCUT2D eigenvalue weighted by Crippen LogP contribution is 2.50. The summed E-state index contributed by atoms with van der Waals surface area (Å²) in [5.41, 5.74) is -0.862. The topological polar surface area (TPSA) is 79.8 Å². The number of nitrogens with zero attached hydrogens (tertiary/aromatic N) is 3. The number of ether oxygens (including phenoxy) is 1. The Morgan fingerprint density at radius 1 is 1.24 bits per heavy atom. The van der Waals surface area contributed by atoms with Crippen LogP contribution in [0, 0.1) is 10.8 Å². The molecule has 7 nitrogen and oxygen atoms in total. The number of rotatable bonds is 4. The van der Waals surface area contributed by atoms with Crippen LogP contribution in [0.5, 0.6) is 0 Å². The van der Waals surface area contributed by atoms with E-state index in [1.54, 1.807) is 6.20 Å². The second kappa shape index (κ2) is 7.38. The van der Waals surface area contributed by atoms with E-state index in [1.165, 1.54) is 18.4 Å². The number of methoxy groups -OCH3 is 1. The van der Waals surface area contributed by atoms with Crippen molar-refractivity contribution in [1.29, 1.82) is 0 Å². The van der Waals surface area contributed by atoms with Crippen molar-refractivity contribution >= 4 is 29.1 Å². The molecule has 1 atom stereocenters. The van der Waals surface area contributed by atoms with Crippen molar-refractivity contribution in [1.82, 2.24) is 14.8 Å². The molecule has 8 heteroatoms. The summed E-state index contributed by atoms with van der Waals surface area (Å²) in [4.78, 5) is 46.8. The van der Waals surface area contributed by atoms with Crippen molar-refractivity contribution < 1.29 is 19.1 Å². The van der Waals surface area contributed by atoms with Crippen molar-refractivity contribution in [2.45, 2.75) is 58.4 Å². The maximum Gasteiger partial charge on any atom is 0.321 e. The number of carbonyl (C=O) groups excluding carboxylic acids is 3. The lowest BCUT2D eigenvalue weighted by atomic mass is 9.76. The van der Waals surface area contributed by atoms with Crippen molar-refractivity contribution in [3.63, 3.8) is 0 Å². The number of hydrogen-bond donors (Lipinski definition) is 0. The molecule has 29 heavy (non-hydrogen) atoms. The highest BCUT2D eigenvalue weighted by molar-refractivity contribution is 7.13. The molecule has 1 saturated carbocycles. The summed E-state index contributed by atoms with van der Waals surface area (Å²) < 4.78 is 4.85. The number of amides is 2. The van der Waals surface area contributed by atoms with Crippen LogP contribution in [0.1, 0.15) is 60.6 Å². The van der Waals surface area contributed by atoms with Crippen molar-refractivity contribution in [3.8, 4) is 0 Å². The van der Waals surface area contributed by atoms with Gasteiger partial charge in [-0.2, -0.15) is 0 Å². The molecule has 0 bridgehead atoms. The molecule has 1 aromatic rings. The third kappa shape index (κ3) is 3.45. The minimum absolute atomic E-state index is 0.0616. The number of aryl methyl sites for hydroxylation is 1. The second-order valence-corrected chi connectivity index (χ2v) is 9.94. The zero-order valence-electron chi connectivity index (χ0n) is 17.4. The van der Waals surface area contributed by atoms with Gasteiger partial charge in [-0.05, 0) is 50.9 Å². The van der Waals surface area contributed by atoms with E-state index in [1.807, 2.05) is 16.7 Å². The van der Waals surface area contributed by atoms with Gasteiger partial charge in [0.2, 0.25) is 5.91 Å². The van der Waals surface area contributed by atoms with E-state index >= 15 is 0 Å². The van der Waals surface area contributed by atoms with E-state index in [0.717, 1.165) is 37.2 Å².